The van der Waals surface area contributed by atoms with Gasteiger partial charge in [-0.15, -0.1) is 6.58 Å². The van der Waals surface area contributed by atoms with E-state index in [4.69, 9.17) is 4.98 Å². The Bertz CT molecular complexity index is 631. The lowest BCUT2D eigenvalue weighted by atomic mass is 10.1. The highest BCUT2D eigenvalue weighted by molar-refractivity contribution is 5.92. The Morgan fingerprint density at radius 3 is 2.90 bits per heavy atom. The van der Waals surface area contributed by atoms with Gasteiger partial charge in [0, 0.05) is 36.7 Å². The van der Waals surface area contributed by atoms with Crippen LogP contribution >= 0.6 is 0 Å². The molecule has 1 heterocycles. The van der Waals surface area contributed by atoms with Gasteiger partial charge in [0.25, 0.3) is 0 Å². The van der Waals surface area contributed by atoms with Crippen LogP contribution in [0.3, 0.4) is 0 Å². The van der Waals surface area contributed by atoms with E-state index in [0.717, 1.165) is 30.8 Å². The number of fused-ring (bicyclic) bond motifs is 1. The Hall–Kier alpha value is -1.87. The fourth-order valence-corrected chi connectivity index (χ4v) is 2.65. The van der Waals surface area contributed by atoms with Crippen molar-refractivity contribution in [3.63, 3.8) is 0 Å². The Morgan fingerprint density at radius 2 is 2.19 bits per heavy atom. The molecule has 2 aromatic rings. The third-order valence-corrected chi connectivity index (χ3v) is 3.97. The van der Waals surface area contributed by atoms with Gasteiger partial charge in [-0.1, -0.05) is 24.3 Å². The molecule has 1 saturated carbocycles. The van der Waals surface area contributed by atoms with Crippen LogP contribution in [0.15, 0.2) is 43.0 Å². The minimum Gasteiger partial charge on any atom is -0.367 e. The summed E-state index contributed by atoms with van der Waals surface area (Å²) in [5.74, 6) is 0. The summed E-state index contributed by atoms with van der Waals surface area (Å²) in [6.07, 6.45) is 4.57. The number of hydrogen-bond donors (Lipinski definition) is 1. The molecule has 0 aliphatic heterocycles. The minimum atomic E-state index is 0.706. The molecule has 3 heteroatoms. The van der Waals surface area contributed by atoms with Gasteiger partial charge < -0.3 is 10.2 Å². The molecule has 1 fully saturated rings. The summed E-state index contributed by atoms with van der Waals surface area (Å²) in [6.45, 7) is 8.74. The van der Waals surface area contributed by atoms with Crippen LogP contribution in [-0.2, 0) is 6.54 Å². The quantitative estimate of drug-likeness (QED) is 0.787. The van der Waals surface area contributed by atoms with Crippen molar-refractivity contribution in [1.29, 1.82) is 0 Å². The normalized spacial score (nSPS) is 14.3. The third-order valence-electron chi connectivity index (χ3n) is 3.97. The van der Waals surface area contributed by atoms with E-state index >= 15 is 0 Å². The first kappa shape index (κ1) is 14.1. The van der Waals surface area contributed by atoms with Gasteiger partial charge in [0.15, 0.2) is 0 Å². The van der Waals surface area contributed by atoms with Gasteiger partial charge in [-0.25, -0.2) is 0 Å². The predicted octanol–water partition coefficient (Wildman–Crippen LogP) is 3.50. The first-order valence-corrected chi connectivity index (χ1v) is 7.79. The van der Waals surface area contributed by atoms with Crippen molar-refractivity contribution in [3.8, 4) is 0 Å². The molecule has 3 nitrogen and oxygen atoms in total. The Labute approximate surface area is 126 Å². The third kappa shape index (κ3) is 3.24. The van der Waals surface area contributed by atoms with Crippen molar-refractivity contribution in [1.82, 2.24) is 10.3 Å². The molecule has 0 radical (unpaired) electrons. The molecular weight excluding hydrogens is 258 g/mol. The van der Waals surface area contributed by atoms with E-state index in [0.29, 0.717) is 6.04 Å². The van der Waals surface area contributed by atoms with Crippen LogP contribution in [0.25, 0.3) is 10.9 Å². The summed E-state index contributed by atoms with van der Waals surface area (Å²) >= 11 is 0. The highest BCUT2D eigenvalue weighted by Gasteiger charge is 2.20. The van der Waals surface area contributed by atoms with Gasteiger partial charge in [-0.3, -0.25) is 4.98 Å². The predicted molar refractivity (Wildman–Crippen MR) is 89.7 cm³/mol. The molecule has 1 aliphatic rings. The van der Waals surface area contributed by atoms with Crippen molar-refractivity contribution in [3.05, 3.63) is 48.7 Å². The number of nitrogens with zero attached hydrogens (tertiary/aromatic N) is 2. The van der Waals surface area contributed by atoms with Crippen LogP contribution in [0.1, 0.15) is 25.5 Å². The smallest absolute Gasteiger partial charge is 0.0726 e. The van der Waals surface area contributed by atoms with Crippen LogP contribution in [0.4, 0.5) is 5.69 Å². The number of pyridine rings is 1. The van der Waals surface area contributed by atoms with Crippen molar-refractivity contribution < 1.29 is 0 Å². The fraction of sp³-hybridized carbons (Fsp3) is 0.389. The lowest BCUT2D eigenvalue weighted by Crippen LogP contribution is -2.23. The number of benzene rings is 1. The first-order valence-electron chi connectivity index (χ1n) is 7.79. The van der Waals surface area contributed by atoms with E-state index in [2.05, 4.69) is 54.1 Å². The van der Waals surface area contributed by atoms with E-state index in [1.165, 1.54) is 23.9 Å². The summed E-state index contributed by atoms with van der Waals surface area (Å²) in [7, 11) is 0. The van der Waals surface area contributed by atoms with Gasteiger partial charge in [-0.2, -0.15) is 0 Å². The number of nitrogens with one attached hydrogen (secondary N) is 1. The van der Waals surface area contributed by atoms with E-state index in [1.807, 2.05) is 6.08 Å². The summed E-state index contributed by atoms with van der Waals surface area (Å²) in [6, 6.07) is 11.3. The summed E-state index contributed by atoms with van der Waals surface area (Å²) in [5.41, 5.74) is 3.46. The maximum Gasteiger partial charge on any atom is 0.0726 e. The van der Waals surface area contributed by atoms with Crippen molar-refractivity contribution in [2.75, 3.05) is 18.0 Å². The van der Waals surface area contributed by atoms with Crippen LogP contribution in [0.2, 0.25) is 0 Å². The molecule has 1 aliphatic carbocycles. The number of likely N-dealkylation sites (N-methyl/N-ethyl adjacent to an activating group) is 1. The van der Waals surface area contributed by atoms with Crippen LogP contribution < -0.4 is 10.2 Å². The van der Waals surface area contributed by atoms with E-state index in [-0.39, 0.29) is 0 Å². The Morgan fingerprint density at radius 1 is 1.38 bits per heavy atom. The maximum atomic E-state index is 4.80. The lowest BCUT2D eigenvalue weighted by molar-refractivity contribution is 0.676. The SMILES string of the molecule is C=CCN(CC)c1cc(CNC2CC2)nc2ccccc12. The molecule has 0 amide bonds. The molecule has 1 N–H and O–H groups in total. The molecule has 0 saturated heterocycles. The average Bonchev–Trinajstić information content (AvgIpc) is 3.34. The second kappa shape index (κ2) is 6.27. The number of para-hydroxylation sites is 1. The zero-order chi connectivity index (χ0) is 14.7. The Kier molecular flexibility index (Phi) is 4.20. The minimum absolute atomic E-state index is 0.706. The molecule has 0 unspecified atom stereocenters. The molecular formula is C18H23N3. The number of rotatable bonds is 7. The second-order valence-corrected chi connectivity index (χ2v) is 5.63. The Balaban J connectivity index is 1.98. The topological polar surface area (TPSA) is 28.2 Å². The fourth-order valence-electron chi connectivity index (χ4n) is 2.65. The van der Waals surface area contributed by atoms with E-state index in [1.54, 1.807) is 0 Å². The molecule has 21 heavy (non-hydrogen) atoms. The molecule has 0 spiro atoms. The van der Waals surface area contributed by atoms with Gasteiger partial charge in [0.2, 0.25) is 0 Å². The standard InChI is InChI=1S/C18H23N3/c1-3-11-21(4-2)18-12-15(13-19-14-9-10-14)20-17-8-6-5-7-16(17)18/h3,5-8,12,14,19H,1,4,9-11,13H2,2H3. The molecule has 3 rings (SSSR count). The van der Waals surface area contributed by atoms with Gasteiger partial charge in [0.1, 0.15) is 0 Å². The number of anilines is 1. The zero-order valence-corrected chi connectivity index (χ0v) is 12.7. The first-order chi connectivity index (χ1) is 10.3. The lowest BCUT2D eigenvalue weighted by Gasteiger charge is -2.23. The molecule has 0 bridgehead atoms. The average molecular weight is 281 g/mol. The van der Waals surface area contributed by atoms with Crippen LogP contribution in [0.5, 0.6) is 0 Å². The van der Waals surface area contributed by atoms with Gasteiger partial charge in [0.05, 0.1) is 11.2 Å². The van der Waals surface area contributed by atoms with Crippen molar-refractivity contribution in [2.24, 2.45) is 0 Å². The summed E-state index contributed by atoms with van der Waals surface area (Å²) in [4.78, 5) is 7.14. The summed E-state index contributed by atoms with van der Waals surface area (Å²) < 4.78 is 0. The highest BCUT2D eigenvalue weighted by Crippen LogP contribution is 2.27. The second-order valence-electron chi connectivity index (χ2n) is 5.63. The number of aromatic nitrogens is 1. The highest BCUT2D eigenvalue weighted by atomic mass is 15.1. The van der Waals surface area contributed by atoms with Crippen LogP contribution in [0, 0.1) is 0 Å². The number of hydrogen-bond acceptors (Lipinski definition) is 3. The van der Waals surface area contributed by atoms with Crippen LogP contribution in [-0.4, -0.2) is 24.1 Å². The molecule has 1 aromatic heterocycles. The summed E-state index contributed by atoms with van der Waals surface area (Å²) in [5, 5.41) is 4.77. The van der Waals surface area contributed by atoms with Gasteiger partial charge >= 0.3 is 0 Å². The van der Waals surface area contributed by atoms with E-state index in [9.17, 15) is 0 Å². The maximum absolute atomic E-state index is 4.80. The van der Waals surface area contributed by atoms with Gasteiger partial charge in [-0.05, 0) is 31.9 Å². The molecule has 0 atom stereocenters. The molecule has 1 aromatic carbocycles. The van der Waals surface area contributed by atoms with Crippen molar-refractivity contribution >= 4 is 16.6 Å². The van der Waals surface area contributed by atoms with E-state index < -0.39 is 0 Å². The zero-order valence-electron chi connectivity index (χ0n) is 12.7. The molecule has 110 valence electrons. The largest absolute Gasteiger partial charge is 0.367 e. The monoisotopic (exact) mass is 281 g/mol. The van der Waals surface area contributed by atoms with Crippen molar-refractivity contribution in [2.45, 2.75) is 32.4 Å².